The number of benzene rings is 2. The first-order valence-corrected chi connectivity index (χ1v) is 12.0. The lowest BCUT2D eigenvalue weighted by atomic mass is 10.0. The van der Waals surface area contributed by atoms with Gasteiger partial charge in [0, 0.05) is 54.0 Å². The molecule has 0 N–H and O–H groups in total. The lowest BCUT2D eigenvalue weighted by Gasteiger charge is -2.24. The Morgan fingerprint density at radius 3 is 2.28 bits per heavy atom. The van der Waals surface area contributed by atoms with Crippen LogP contribution in [-0.2, 0) is 0 Å². The van der Waals surface area contributed by atoms with Crippen LogP contribution in [0, 0.1) is 18.8 Å². The summed E-state index contributed by atoms with van der Waals surface area (Å²) in [5.74, 6) is 2.08. The maximum absolute atomic E-state index is 13.4. The van der Waals surface area contributed by atoms with Crippen molar-refractivity contribution in [3.63, 3.8) is 0 Å². The van der Waals surface area contributed by atoms with Crippen molar-refractivity contribution in [2.45, 2.75) is 6.92 Å². The Balaban J connectivity index is 1.20. The van der Waals surface area contributed by atoms with E-state index in [0.717, 1.165) is 64.7 Å². The lowest BCUT2D eigenvalue weighted by molar-refractivity contribution is 0.0783. The molecule has 4 aromatic rings. The summed E-state index contributed by atoms with van der Waals surface area (Å²) in [5, 5.41) is 2.06. The average Bonchev–Trinajstić information content (AvgIpc) is 3.55. The van der Waals surface area contributed by atoms with Crippen LogP contribution < -0.4 is 4.90 Å². The van der Waals surface area contributed by atoms with Crippen molar-refractivity contribution < 1.29 is 4.79 Å². The number of thiophene rings is 1. The van der Waals surface area contributed by atoms with Crippen molar-refractivity contribution >= 4 is 34.1 Å². The first-order valence-electron chi connectivity index (χ1n) is 11.1. The maximum atomic E-state index is 13.4. The van der Waals surface area contributed by atoms with Crippen LogP contribution in [0.1, 0.15) is 16.1 Å². The second-order valence-electron chi connectivity index (χ2n) is 8.78. The van der Waals surface area contributed by atoms with Crippen molar-refractivity contribution in [1.29, 1.82) is 0 Å². The highest BCUT2D eigenvalue weighted by Crippen LogP contribution is 2.36. The van der Waals surface area contributed by atoms with E-state index in [9.17, 15) is 4.79 Å². The highest BCUT2D eigenvalue weighted by Gasteiger charge is 2.42. The van der Waals surface area contributed by atoms with Crippen LogP contribution in [0.3, 0.4) is 0 Å². The molecule has 4 heterocycles. The molecule has 5 nitrogen and oxygen atoms in total. The molecule has 2 aliphatic heterocycles. The normalized spacial score (nSPS) is 20.2. The van der Waals surface area contributed by atoms with E-state index in [2.05, 4.69) is 27.3 Å². The van der Waals surface area contributed by atoms with Crippen LogP contribution in [0.15, 0.2) is 66.0 Å². The SMILES string of the molecule is Cc1nc2ccccc2nc1N1CC2CN(C(=O)c3ccccc3-c3cccs3)CC2C1. The smallest absolute Gasteiger partial charge is 0.254 e. The van der Waals surface area contributed by atoms with Gasteiger partial charge in [-0.05, 0) is 36.6 Å². The Hall–Kier alpha value is -3.25. The second-order valence-corrected chi connectivity index (χ2v) is 9.73. The van der Waals surface area contributed by atoms with Crippen LogP contribution in [0.25, 0.3) is 21.5 Å². The zero-order valence-corrected chi connectivity index (χ0v) is 18.8. The molecule has 2 aromatic heterocycles. The van der Waals surface area contributed by atoms with Crippen molar-refractivity contribution in [1.82, 2.24) is 14.9 Å². The number of likely N-dealkylation sites (tertiary alicyclic amines) is 1. The number of para-hydroxylation sites is 2. The quantitative estimate of drug-likeness (QED) is 0.456. The zero-order chi connectivity index (χ0) is 21.7. The molecule has 160 valence electrons. The molecule has 2 atom stereocenters. The Kier molecular flexibility index (Phi) is 4.68. The Morgan fingerprint density at radius 1 is 0.875 bits per heavy atom. The molecule has 0 aliphatic carbocycles. The monoisotopic (exact) mass is 440 g/mol. The molecule has 0 radical (unpaired) electrons. The van der Waals surface area contributed by atoms with Crippen molar-refractivity contribution in [3.05, 3.63) is 77.3 Å². The van der Waals surface area contributed by atoms with E-state index in [1.54, 1.807) is 11.3 Å². The number of aromatic nitrogens is 2. The fourth-order valence-corrected chi connectivity index (χ4v) is 5.96. The van der Waals surface area contributed by atoms with Crippen molar-refractivity contribution in [2.24, 2.45) is 11.8 Å². The van der Waals surface area contributed by atoms with Gasteiger partial charge in [0.2, 0.25) is 0 Å². The summed E-state index contributed by atoms with van der Waals surface area (Å²) in [4.78, 5) is 28.7. The third-order valence-corrected chi connectivity index (χ3v) is 7.64. The number of aryl methyl sites for hydroxylation is 1. The summed E-state index contributed by atoms with van der Waals surface area (Å²) in [7, 11) is 0. The molecule has 2 saturated heterocycles. The number of carbonyl (C=O) groups excluding carboxylic acids is 1. The zero-order valence-electron chi connectivity index (χ0n) is 17.9. The first-order chi connectivity index (χ1) is 15.7. The molecule has 0 bridgehead atoms. The topological polar surface area (TPSA) is 49.3 Å². The van der Waals surface area contributed by atoms with Gasteiger partial charge >= 0.3 is 0 Å². The number of nitrogens with zero attached hydrogens (tertiary/aromatic N) is 4. The summed E-state index contributed by atoms with van der Waals surface area (Å²) >= 11 is 1.68. The molecule has 32 heavy (non-hydrogen) atoms. The van der Waals surface area contributed by atoms with Gasteiger partial charge in [-0.25, -0.2) is 9.97 Å². The predicted molar refractivity (Wildman–Crippen MR) is 129 cm³/mol. The molecule has 6 rings (SSSR count). The molecular formula is C26H24N4OS. The van der Waals surface area contributed by atoms with E-state index >= 15 is 0 Å². The van der Waals surface area contributed by atoms with E-state index < -0.39 is 0 Å². The van der Waals surface area contributed by atoms with Gasteiger partial charge in [-0.2, -0.15) is 0 Å². The molecule has 6 heteroatoms. The number of fused-ring (bicyclic) bond motifs is 2. The maximum Gasteiger partial charge on any atom is 0.254 e. The van der Waals surface area contributed by atoms with Crippen LogP contribution in [-0.4, -0.2) is 47.0 Å². The van der Waals surface area contributed by atoms with Gasteiger partial charge in [0.15, 0.2) is 5.82 Å². The van der Waals surface area contributed by atoms with Gasteiger partial charge in [0.05, 0.1) is 16.7 Å². The third kappa shape index (κ3) is 3.26. The number of anilines is 1. The Morgan fingerprint density at radius 2 is 1.56 bits per heavy atom. The van der Waals surface area contributed by atoms with E-state index in [4.69, 9.17) is 9.97 Å². The minimum atomic E-state index is 0.150. The van der Waals surface area contributed by atoms with Gasteiger partial charge in [0.25, 0.3) is 5.91 Å². The number of rotatable bonds is 3. The fourth-order valence-electron chi connectivity index (χ4n) is 5.20. The number of hydrogen-bond acceptors (Lipinski definition) is 5. The van der Waals surface area contributed by atoms with E-state index in [-0.39, 0.29) is 5.91 Å². The van der Waals surface area contributed by atoms with Crippen LogP contribution in [0.4, 0.5) is 5.82 Å². The van der Waals surface area contributed by atoms with E-state index in [1.807, 2.05) is 55.5 Å². The van der Waals surface area contributed by atoms with Gasteiger partial charge < -0.3 is 9.80 Å². The molecule has 2 aliphatic rings. The predicted octanol–water partition coefficient (Wildman–Crippen LogP) is 4.88. The Bertz CT molecular complexity index is 1290. The van der Waals surface area contributed by atoms with Gasteiger partial charge in [-0.1, -0.05) is 36.4 Å². The Labute approximate surface area is 191 Å². The summed E-state index contributed by atoms with van der Waals surface area (Å²) in [6, 6.07) is 20.1. The van der Waals surface area contributed by atoms with Crippen LogP contribution >= 0.6 is 11.3 Å². The highest BCUT2D eigenvalue weighted by molar-refractivity contribution is 7.13. The van der Waals surface area contributed by atoms with E-state index in [0.29, 0.717) is 11.8 Å². The molecule has 2 aromatic carbocycles. The molecule has 0 spiro atoms. The first kappa shape index (κ1) is 19.4. The van der Waals surface area contributed by atoms with E-state index in [1.165, 1.54) is 0 Å². The number of amides is 1. The van der Waals surface area contributed by atoms with Crippen molar-refractivity contribution in [3.8, 4) is 10.4 Å². The van der Waals surface area contributed by atoms with Crippen molar-refractivity contribution in [2.75, 3.05) is 31.1 Å². The summed E-state index contributed by atoms with van der Waals surface area (Å²) in [5.41, 5.74) is 4.69. The number of carbonyl (C=O) groups is 1. The summed E-state index contributed by atoms with van der Waals surface area (Å²) < 4.78 is 0. The molecule has 2 unspecified atom stereocenters. The molecule has 1 amide bonds. The minimum absolute atomic E-state index is 0.150. The molecule has 0 saturated carbocycles. The highest BCUT2D eigenvalue weighted by atomic mass is 32.1. The lowest BCUT2D eigenvalue weighted by Crippen LogP contribution is -2.34. The third-order valence-electron chi connectivity index (χ3n) is 6.74. The summed E-state index contributed by atoms with van der Waals surface area (Å²) in [6.45, 7) is 5.50. The second kappa shape index (κ2) is 7.71. The standard InChI is InChI=1S/C26H24N4OS/c1-17-25(28-23-10-5-4-9-22(23)27-17)29-13-18-15-30(16-19(18)14-29)26(31)21-8-3-2-7-20(21)24-11-6-12-32-24/h2-12,18-19H,13-16H2,1H3. The molecule has 2 fully saturated rings. The molecular weight excluding hydrogens is 416 g/mol. The van der Waals surface area contributed by atoms with Gasteiger partial charge in [0.1, 0.15) is 0 Å². The van der Waals surface area contributed by atoms with Gasteiger partial charge in [-0.3, -0.25) is 4.79 Å². The largest absolute Gasteiger partial charge is 0.354 e. The average molecular weight is 441 g/mol. The minimum Gasteiger partial charge on any atom is -0.354 e. The summed E-state index contributed by atoms with van der Waals surface area (Å²) in [6.07, 6.45) is 0. The van der Waals surface area contributed by atoms with Crippen LogP contribution in [0.5, 0.6) is 0 Å². The fraction of sp³-hybridized carbons (Fsp3) is 0.269. The van der Waals surface area contributed by atoms with Gasteiger partial charge in [-0.15, -0.1) is 11.3 Å². The number of hydrogen-bond donors (Lipinski definition) is 0. The van der Waals surface area contributed by atoms with Crippen LogP contribution in [0.2, 0.25) is 0 Å².